The van der Waals surface area contributed by atoms with Gasteiger partial charge in [0.2, 0.25) is 17.7 Å². The van der Waals surface area contributed by atoms with Crippen LogP contribution in [0.1, 0.15) is 56.2 Å². The largest absolute Gasteiger partial charge is 0.493 e. The number of nitrogens with zero attached hydrogens (tertiary/aromatic N) is 1. The molecule has 0 aliphatic heterocycles. The average molecular weight is 583 g/mol. The molecule has 1 heterocycles. The number of rotatable bonds is 10. The van der Waals surface area contributed by atoms with E-state index in [9.17, 15) is 14.4 Å². The van der Waals surface area contributed by atoms with Crippen molar-refractivity contribution in [3.05, 3.63) is 84.1 Å². The highest BCUT2D eigenvalue weighted by Crippen LogP contribution is 2.36. The molecule has 3 amide bonds. The lowest BCUT2D eigenvalue weighted by Crippen LogP contribution is -2.47. The first-order valence-electron chi connectivity index (χ1n) is 14.6. The number of benzene rings is 3. The van der Waals surface area contributed by atoms with Gasteiger partial charge in [-0.15, -0.1) is 0 Å². The van der Waals surface area contributed by atoms with E-state index in [1.165, 1.54) is 6.92 Å². The minimum atomic E-state index is -0.994. The number of carbonyl (C=O) groups excluding carboxylic acids is 3. The zero-order valence-corrected chi connectivity index (χ0v) is 24.8. The van der Waals surface area contributed by atoms with Crippen LogP contribution >= 0.6 is 0 Å². The molecule has 1 atom stereocenters. The molecule has 3 N–H and O–H groups in total. The second-order valence-corrected chi connectivity index (χ2v) is 10.9. The number of H-pyrrole nitrogens is 1. The van der Waals surface area contributed by atoms with E-state index in [0.717, 1.165) is 48.6 Å². The molecule has 5 rings (SSSR count). The third kappa shape index (κ3) is 6.83. The van der Waals surface area contributed by atoms with Gasteiger partial charge in [0.1, 0.15) is 6.04 Å². The molecular formula is C34H38N4O5. The number of hydrogen-bond acceptors (Lipinski definition) is 5. The number of anilines is 2. The maximum Gasteiger partial charge on any atom is 0.248 e. The molecule has 0 bridgehead atoms. The molecule has 4 aromatic rings. The molecule has 1 aliphatic rings. The molecule has 9 nitrogen and oxygen atoms in total. The Hall–Kier alpha value is -4.79. The van der Waals surface area contributed by atoms with Gasteiger partial charge in [0.25, 0.3) is 0 Å². The second-order valence-electron chi connectivity index (χ2n) is 10.9. The number of carbonyl (C=O) groups is 3. The molecule has 0 saturated heterocycles. The molecule has 224 valence electrons. The molecule has 0 spiro atoms. The highest BCUT2D eigenvalue weighted by molar-refractivity contribution is 6.03. The van der Waals surface area contributed by atoms with Crippen molar-refractivity contribution in [2.75, 3.05) is 24.4 Å². The molecule has 3 aromatic carbocycles. The van der Waals surface area contributed by atoms with Crippen LogP contribution in [0, 0.1) is 0 Å². The highest BCUT2D eigenvalue weighted by Gasteiger charge is 2.35. The van der Waals surface area contributed by atoms with Gasteiger partial charge in [-0.2, -0.15) is 0 Å². The predicted molar refractivity (Wildman–Crippen MR) is 168 cm³/mol. The maximum atomic E-state index is 14.4. The zero-order chi connectivity index (χ0) is 30.3. The van der Waals surface area contributed by atoms with Crippen molar-refractivity contribution < 1.29 is 23.9 Å². The minimum Gasteiger partial charge on any atom is -0.493 e. The summed E-state index contributed by atoms with van der Waals surface area (Å²) in [5, 5.41) is 6.96. The number of hydrogen-bond donors (Lipinski definition) is 3. The Balaban J connectivity index is 1.60. The quantitative estimate of drug-likeness (QED) is 0.215. The summed E-state index contributed by atoms with van der Waals surface area (Å²) >= 11 is 0. The van der Waals surface area contributed by atoms with E-state index >= 15 is 0 Å². The van der Waals surface area contributed by atoms with Crippen LogP contribution in [-0.2, 0) is 20.8 Å². The van der Waals surface area contributed by atoms with E-state index in [1.807, 2.05) is 30.5 Å². The summed E-state index contributed by atoms with van der Waals surface area (Å²) in [4.78, 5) is 45.1. The van der Waals surface area contributed by atoms with Gasteiger partial charge in [-0.1, -0.05) is 43.5 Å². The van der Waals surface area contributed by atoms with Crippen LogP contribution in [0.15, 0.2) is 72.9 Å². The van der Waals surface area contributed by atoms with Crippen molar-refractivity contribution in [3.63, 3.8) is 0 Å². The van der Waals surface area contributed by atoms with Gasteiger partial charge in [-0.05, 0) is 66.4 Å². The Morgan fingerprint density at radius 1 is 0.930 bits per heavy atom. The summed E-state index contributed by atoms with van der Waals surface area (Å²) in [5.41, 5.74) is 3.47. The zero-order valence-electron chi connectivity index (χ0n) is 24.8. The average Bonchev–Trinajstić information content (AvgIpc) is 3.42. The number of aromatic nitrogens is 1. The van der Waals surface area contributed by atoms with Crippen LogP contribution < -0.4 is 25.0 Å². The van der Waals surface area contributed by atoms with Crippen molar-refractivity contribution in [2.24, 2.45) is 0 Å². The van der Waals surface area contributed by atoms with E-state index in [1.54, 1.807) is 61.6 Å². The first-order valence-corrected chi connectivity index (χ1v) is 14.6. The topological polar surface area (TPSA) is 113 Å². The Kier molecular flexibility index (Phi) is 9.29. The van der Waals surface area contributed by atoms with Crippen molar-refractivity contribution >= 4 is 40.0 Å². The molecular weight excluding hydrogens is 544 g/mol. The maximum absolute atomic E-state index is 14.4. The second kappa shape index (κ2) is 13.5. The van der Waals surface area contributed by atoms with Crippen molar-refractivity contribution in [2.45, 2.75) is 57.5 Å². The summed E-state index contributed by atoms with van der Waals surface area (Å²) in [6, 6.07) is 19.1. The molecule has 43 heavy (non-hydrogen) atoms. The lowest BCUT2D eigenvalue weighted by Gasteiger charge is -2.34. The molecule has 1 aliphatic carbocycles. The first kappa shape index (κ1) is 29.7. The Morgan fingerprint density at radius 2 is 1.65 bits per heavy atom. The van der Waals surface area contributed by atoms with E-state index in [-0.39, 0.29) is 30.2 Å². The number of methoxy groups -OCH3 is 2. The number of fused-ring (bicyclic) bond motifs is 1. The Labute approximate surface area is 251 Å². The van der Waals surface area contributed by atoms with Crippen molar-refractivity contribution in [3.8, 4) is 11.5 Å². The third-order valence-electron chi connectivity index (χ3n) is 7.93. The van der Waals surface area contributed by atoms with Gasteiger partial charge in [0.15, 0.2) is 11.5 Å². The molecule has 0 unspecified atom stereocenters. The number of aromatic amines is 1. The lowest BCUT2D eigenvalue weighted by atomic mass is 9.94. The van der Waals surface area contributed by atoms with Crippen LogP contribution in [0.4, 0.5) is 11.4 Å². The summed E-state index contributed by atoms with van der Waals surface area (Å²) in [5.74, 6) is 0.262. The van der Waals surface area contributed by atoms with Gasteiger partial charge in [0, 0.05) is 41.4 Å². The standard InChI is InChI=1S/C34H38N4O5/c1-22(39)36-26-14-16-27(17-15-26)38(32(40)20-24-21-35-29-12-8-7-11-28(24)29)33(34(41)37-25-9-5-4-6-10-25)23-13-18-30(42-2)31(19-23)43-3/h7-8,11-19,21,25,33,35H,4-6,9-10,20H2,1-3H3,(H,36,39)(H,37,41)/t33-/m1/s1. The SMILES string of the molecule is COc1ccc([C@H](C(=O)NC2CCCCC2)N(C(=O)Cc2c[nH]c3ccccc23)c2ccc(NC(C)=O)cc2)cc1OC. The fourth-order valence-electron chi connectivity index (χ4n) is 5.84. The summed E-state index contributed by atoms with van der Waals surface area (Å²) in [6.45, 7) is 1.44. The van der Waals surface area contributed by atoms with Crippen LogP contribution in [0.3, 0.4) is 0 Å². The molecule has 1 aromatic heterocycles. The predicted octanol–water partition coefficient (Wildman–Crippen LogP) is 5.91. The lowest BCUT2D eigenvalue weighted by molar-refractivity contribution is -0.127. The van der Waals surface area contributed by atoms with Crippen LogP contribution in [0.5, 0.6) is 11.5 Å². The van der Waals surface area contributed by atoms with Crippen LogP contribution in [0.25, 0.3) is 10.9 Å². The van der Waals surface area contributed by atoms with Gasteiger partial charge < -0.3 is 25.1 Å². The minimum absolute atomic E-state index is 0.0385. The molecule has 0 radical (unpaired) electrons. The summed E-state index contributed by atoms with van der Waals surface area (Å²) in [7, 11) is 3.10. The van der Waals surface area contributed by atoms with E-state index in [0.29, 0.717) is 28.4 Å². The first-order chi connectivity index (χ1) is 20.9. The van der Waals surface area contributed by atoms with Gasteiger partial charge in [-0.3, -0.25) is 19.3 Å². The Bertz CT molecular complexity index is 1590. The molecule has 9 heteroatoms. The number of amides is 3. The van der Waals surface area contributed by atoms with Crippen LogP contribution in [-0.4, -0.2) is 43.0 Å². The van der Waals surface area contributed by atoms with Gasteiger partial charge in [0.05, 0.1) is 20.6 Å². The van der Waals surface area contributed by atoms with Crippen molar-refractivity contribution in [1.29, 1.82) is 0 Å². The Morgan fingerprint density at radius 3 is 2.35 bits per heavy atom. The molecule has 1 saturated carbocycles. The summed E-state index contributed by atoms with van der Waals surface area (Å²) in [6.07, 6.45) is 6.98. The fraction of sp³-hybridized carbons (Fsp3) is 0.324. The van der Waals surface area contributed by atoms with Crippen molar-refractivity contribution in [1.82, 2.24) is 10.3 Å². The van der Waals surface area contributed by atoms with Crippen LogP contribution in [0.2, 0.25) is 0 Å². The number of ether oxygens (including phenoxy) is 2. The monoisotopic (exact) mass is 582 g/mol. The third-order valence-corrected chi connectivity index (χ3v) is 7.93. The highest BCUT2D eigenvalue weighted by atomic mass is 16.5. The van der Waals surface area contributed by atoms with E-state index in [2.05, 4.69) is 15.6 Å². The number of nitrogens with one attached hydrogen (secondary N) is 3. The van der Waals surface area contributed by atoms with Gasteiger partial charge in [-0.25, -0.2) is 0 Å². The van der Waals surface area contributed by atoms with Gasteiger partial charge >= 0.3 is 0 Å². The smallest absolute Gasteiger partial charge is 0.248 e. The van der Waals surface area contributed by atoms with E-state index < -0.39 is 6.04 Å². The summed E-state index contributed by atoms with van der Waals surface area (Å²) < 4.78 is 11.0. The normalized spacial score (nSPS) is 14.1. The molecule has 1 fully saturated rings. The number of para-hydroxylation sites is 1. The fourth-order valence-corrected chi connectivity index (χ4v) is 5.84. The van der Waals surface area contributed by atoms with E-state index in [4.69, 9.17) is 9.47 Å².